The number of esters is 1. The number of hydrogen-bond acceptors (Lipinski definition) is 5. The molecule has 0 spiro atoms. The number of piperidine rings is 1. The van der Waals surface area contributed by atoms with Crippen LogP contribution in [0.3, 0.4) is 0 Å². The first-order valence-corrected chi connectivity index (χ1v) is 7.71. The summed E-state index contributed by atoms with van der Waals surface area (Å²) in [7, 11) is 1.62. The number of nitrogens with two attached hydrogens (primary N) is 1. The number of hydrogen-bond donors (Lipinski definition) is 1. The van der Waals surface area contributed by atoms with Crippen LogP contribution in [-0.2, 0) is 21.4 Å². The quantitative estimate of drug-likeness (QED) is 0.606. The molecule has 1 fully saturated rings. The van der Waals surface area contributed by atoms with Gasteiger partial charge in [-0.05, 0) is 25.8 Å². The van der Waals surface area contributed by atoms with Gasteiger partial charge in [0, 0.05) is 31.9 Å². The number of primary amides is 1. The normalized spacial score (nSPS) is 17.4. The van der Waals surface area contributed by atoms with Gasteiger partial charge in [0.25, 0.3) is 5.91 Å². The van der Waals surface area contributed by atoms with Gasteiger partial charge in [-0.25, -0.2) is 4.79 Å². The van der Waals surface area contributed by atoms with E-state index >= 15 is 0 Å². The van der Waals surface area contributed by atoms with Crippen molar-refractivity contribution in [2.24, 2.45) is 18.7 Å². The first-order chi connectivity index (χ1) is 11.3. The Morgan fingerprint density at radius 1 is 1.33 bits per heavy atom. The summed E-state index contributed by atoms with van der Waals surface area (Å²) >= 11 is 0. The molecule has 0 radical (unpaired) electrons. The zero-order chi connectivity index (χ0) is 17.9. The average Bonchev–Trinajstić information content (AvgIpc) is 2.94. The summed E-state index contributed by atoms with van der Waals surface area (Å²) < 4.78 is 6.51. The van der Waals surface area contributed by atoms with Crippen LogP contribution in [0, 0.1) is 5.92 Å². The second-order valence-corrected chi connectivity index (χ2v) is 5.94. The highest BCUT2D eigenvalue weighted by atomic mass is 16.5. The van der Waals surface area contributed by atoms with Crippen LogP contribution in [0.15, 0.2) is 12.3 Å². The lowest BCUT2D eigenvalue weighted by Crippen LogP contribution is -2.45. The standard InChI is InChI=1S/C16H21N3O5/c1-10(20)12-6-13(18(2)7-12)16(23)24-9-14(21)19-5-3-4-11(8-19)15(17)22/h6-7,11H,3-5,8-9H2,1-2H3,(H2,17,22)/t11-/m1/s1. The van der Waals surface area contributed by atoms with Crippen molar-refractivity contribution in [3.05, 3.63) is 23.5 Å². The van der Waals surface area contributed by atoms with Crippen LogP contribution < -0.4 is 5.73 Å². The maximum absolute atomic E-state index is 12.1. The molecule has 24 heavy (non-hydrogen) atoms. The van der Waals surface area contributed by atoms with Crippen LogP contribution in [0.2, 0.25) is 0 Å². The molecule has 1 aliphatic rings. The number of rotatable bonds is 5. The first-order valence-electron chi connectivity index (χ1n) is 7.71. The van der Waals surface area contributed by atoms with Crippen molar-refractivity contribution in [1.82, 2.24) is 9.47 Å². The Bertz CT molecular complexity index is 679. The molecule has 1 saturated heterocycles. The van der Waals surface area contributed by atoms with Gasteiger partial charge in [0.2, 0.25) is 5.91 Å². The van der Waals surface area contributed by atoms with Crippen LogP contribution in [0.1, 0.15) is 40.6 Å². The third-order valence-electron chi connectivity index (χ3n) is 4.12. The molecule has 1 aromatic heterocycles. The van der Waals surface area contributed by atoms with Crippen molar-refractivity contribution in [2.45, 2.75) is 19.8 Å². The lowest BCUT2D eigenvalue weighted by molar-refractivity contribution is -0.137. The molecule has 0 unspecified atom stereocenters. The summed E-state index contributed by atoms with van der Waals surface area (Å²) in [6.07, 6.45) is 2.88. The zero-order valence-corrected chi connectivity index (χ0v) is 13.8. The average molecular weight is 335 g/mol. The number of Topliss-reactive ketones (excluding diaryl/α,β-unsaturated/α-hetero) is 1. The van der Waals surface area contributed by atoms with Gasteiger partial charge in [0.1, 0.15) is 5.69 Å². The Morgan fingerprint density at radius 3 is 2.62 bits per heavy atom. The fourth-order valence-corrected chi connectivity index (χ4v) is 2.69. The molecule has 2 rings (SSSR count). The van der Waals surface area contributed by atoms with Crippen molar-refractivity contribution in [2.75, 3.05) is 19.7 Å². The molecule has 8 heteroatoms. The molecule has 2 amide bonds. The number of aryl methyl sites for hydroxylation is 1. The minimum absolute atomic E-state index is 0.161. The summed E-state index contributed by atoms with van der Waals surface area (Å²) in [4.78, 5) is 48.2. The van der Waals surface area contributed by atoms with Crippen LogP contribution in [0.25, 0.3) is 0 Å². The minimum atomic E-state index is -0.679. The van der Waals surface area contributed by atoms with Gasteiger partial charge in [-0.2, -0.15) is 0 Å². The summed E-state index contributed by atoms with van der Waals surface area (Å²) in [6.45, 7) is 1.76. The SMILES string of the molecule is CC(=O)c1cc(C(=O)OCC(=O)N2CCC[C@@H](C(N)=O)C2)n(C)c1. The summed E-state index contributed by atoms with van der Waals surface area (Å²) in [5.41, 5.74) is 5.87. The first kappa shape index (κ1) is 17.7. The second-order valence-electron chi connectivity index (χ2n) is 5.94. The summed E-state index contributed by atoms with van der Waals surface area (Å²) in [6, 6.07) is 1.43. The number of nitrogens with zero attached hydrogens (tertiary/aromatic N) is 2. The summed E-state index contributed by atoms with van der Waals surface area (Å²) in [5.74, 6) is -1.99. The minimum Gasteiger partial charge on any atom is -0.451 e. The third-order valence-corrected chi connectivity index (χ3v) is 4.12. The molecular weight excluding hydrogens is 314 g/mol. The van der Waals surface area contributed by atoms with Crippen molar-refractivity contribution in [1.29, 1.82) is 0 Å². The highest BCUT2D eigenvalue weighted by Crippen LogP contribution is 2.16. The largest absolute Gasteiger partial charge is 0.451 e. The van der Waals surface area contributed by atoms with Gasteiger partial charge in [0.15, 0.2) is 12.4 Å². The van der Waals surface area contributed by atoms with Gasteiger partial charge in [-0.1, -0.05) is 0 Å². The van der Waals surface area contributed by atoms with E-state index in [0.717, 1.165) is 0 Å². The molecule has 0 saturated carbocycles. The second kappa shape index (κ2) is 7.29. The third kappa shape index (κ3) is 4.01. The fraction of sp³-hybridized carbons (Fsp3) is 0.500. The molecule has 0 aliphatic carbocycles. The number of ether oxygens (including phenoxy) is 1. The molecule has 1 aromatic rings. The van der Waals surface area contributed by atoms with Gasteiger partial charge in [-0.15, -0.1) is 0 Å². The van der Waals surface area contributed by atoms with Gasteiger partial charge in [0.05, 0.1) is 5.92 Å². The maximum atomic E-state index is 12.1. The molecule has 1 atom stereocenters. The van der Waals surface area contributed by atoms with E-state index in [9.17, 15) is 19.2 Å². The van der Waals surface area contributed by atoms with Gasteiger partial charge >= 0.3 is 5.97 Å². The number of aromatic nitrogens is 1. The lowest BCUT2D eigenvalue weighted by atomic mass is 9.97. The fourth-order valence-electron chi connectivity index (χ4n) is 2.69. The van der Waals surface area contributed by atoms with Crippen LogP contribution in [0.4, 0.5) is 0 Å². The van der Waals surface area contributed by atoms with Crippen molar-refractivity contribution in [3.8, 4) is 0 Å². The molecule has 1 aliphatic heterocycles. The van der Waals surface area contributed by atoms with Gasteiger partial charge < -0.3 is 19.9 Å². The Labute approximate surface area is 139 Å². The van der Waals surface area contributed by atoms with E-state index in [1.54, 1.807) is 7.05 Å². The monoisotopic (exact) mass is 335 g/mol. The topological polar surface area (TPSA) is 112 Å². The van der Waals surface area contributed by atoms with E-state index in [2.05, 4.69) is 0 Å². The molecule has 0 bridgehead atoms. The van der Waals surface area contributed by atoms with E-state index in [1.165, 1.54) is 28.7 Å². The Hall–Kier alpha value is -2.64. The van der Waals surface area contributed by atoms with Gasteiger partial charge in [-0.3, -0.25) is 14.4 Å². The maximum Gasteiger partial charge on any atom is 0.355 e. The Morgan fingerprint density at radius 2 is 2.04 bits per heavy atom. The highest BCUT2D eigenvalue weighted by Gasteiger charge is 2.27. The molecule has 130 valence electrons. The predicted octanol–water partition coefficient (Wildman–Crippen LogP) is 0.108. The Kier molecular flexibility index (Phi) is 5.38. The van der Waals surface area contributed by atoms with Crippen molar-refractivity contribution < 1.29 is 23.9 Å². The van der Waals surface area contributed by atoms with E-state index in [0.29, 0.717) is 24.9 Å². The molecule has 0 aromatic carbocycles. The Balaban J connectivity index is 1.92. The highest BCUT2D eigenvalue weighted by molar-refractivity contribution is 5.98. The van der Waals surface area contributed by atoms with Crippen molar-refractivity contribution >= 4 is 23.6 Å². The predicted molar refractivity (Wildman–Crippen MR) is 84.2 cm³/mol. The number of carbonyl (C=O) groups excluding carboxylic acids is 4. The molecule has 2 heterocycles. The van der Waals surface area contributed by atoms with E-state index < -0.39 is 18.5 Å². The molecular formula is C16H21N3O5. The zero-order valence-electron chi connectivity index (χ0n) is 13.8. The lowest BCUT2D eigenvalue weighted by Gasteiger charge is -2.31. The van der Waals surface area contributed by atoms with Crippen molar-refractivity contribution in [3.63, 3.8) is 0 Å². The smallest absolute Gasteiger partial charge is 0.355 e. The number of likely N-dealkylation sites (tertiary alicyclic amines) is 1. The number of amides is 2. The summed E-state index contributed by atoms with van der Waals surface area (Å²) in [5, 5.41) is 0. The van der Waals surface area contributed by atoms with E-state index in [1.807, 2.05) is 0 Å². The van der Waals surface area contributed by atoms with E-state index in [4.69, 9.17) is 10.5 Å². The van der Waals surface area contributed by atoms with Crippen LogP contribution >= 0.6 is 0 Å². The molecule has 2 N–H and O–H groups in total. The molecule has 8 nitrogen and oxygen atoms in total. The number of carbonyl (C=O) groups is 4. The number of ketones is 1. The van der Waals surface area contributed by atoms with E-state index in [-0.39, 0.29) is 29.8 Å². The van der Waals surface area contributed by atoms with Crippen LogP contribution in [-0.4, -0.2) is 52.7 Å². The van der Waals surface area contributed by atoms with Crippen LogP contribution in [0.5, 0.6) is 0 Å².